The number of benzene rings is 7. The molecular formula is C57H44. The molecule has 0 aromatic heterocycles. The molecule has 0 heterocycles. The van der Waals surface area contributed by atoms with Gasteiger partial charge in [-0.2, -0.15) is 0 Å². The highest BCUT2D eigenvalue weighted by atomic mass is 14.4. The Morgan fingerprint density at radius 2 is 1.25 bits per heavy atom. The van der Waals surface area contributed by atoms with Crippen LogP contribution in [-0.4, -0.2) is 0 Å². The van der Waals surface area contributed by atoms with Crippen molar-refractivity contribution in [2.45, 2.75) is 33.6 Å². The van der Waals surface area contributed by atoms with Gasteiger partial charge in [0.2, 0.25) is 0 Å². The molecule has 0 atom stereocenters. The summed E-state index contributed by atoms with van der Waals surface area (Å²) >= 11 is 0. The second-order valence-electron chi connectivity index (χ2n) is 15.5. The molecule has 0 amide bonds. The third-order valence-electron chi connectivity index (χ3n) is 12.4. The van der Waals surface area contributed by atoms with E-state index in [9.17, 15) is 0 Å². The summed E-state index contributed by atoms with van der Waals surface area (Å²) in [5, 5.41) is 5.13. The van der Waals surface area contributed by atoms with Crippen LogP contribution in [-0.2, 0) is 0 Å². The minimum absolute atomic E-state index is 0. The first-order valence-corrected chi connectivity index (χ1v) is 19.9. The number of hydrogen-bond acceptors (Lipinski definition) is 0. The van der Waals surface area contributed by atoms with Crippen LogP contribution >= 0.6 is 0 Å². The van der Waals surface area contributed by atoms with E-state index in [1.165, 1.54) is 116 Å². The SMILES string of the molecule is C.C=C(/C=C1/C2=C(CCC(c3ccccc3)=C2)c2cccc(C)c21)c1ccc2c3c(cccc13)-c1c-2c(-c2ccccc2)c2ccccc2c1C1=CC=CCC=C1. The Morgan fingerprint density at radius 3 is 2.05 bits per heavy atom. The molecule has 0 nitrogen and oxygen atoms in total. The van der Waals surface area contributed by atoms with E-state index >= 15 is 0 Å². The van der Waals surface area contributed by atoms with Crippen LogP contribution in [0.2, 0.25) is 0 Å². The topological polar surface area (TPSA) is 0 Å². The molecule has 4 aliphatic carbocycles. The number of aryl methyl sites for hydroxylation is 1. The number of hydrogen-bond donors (Lipinski definition) is 0. The van der Waals surface area contributed by atoms with Crippen LogP contribution in [0.3, 0.4) is 0 Å². The van der Waals surface area contributed by atoms with E-state index in [4.69, 9.17) is 6.58 Å². The third kappa shape index (κ3) is 5.36. The van der Waals surface area contributed by atoms with Crippen LogP contribution in [0.4, 0.5) is 0 Å². The lowest BCUT2D eigenvalue weighted by molar-refractivity contribution is 1.07. The zero-order valence-electron chi connectivity index (χ0n) is 31.6. The fraction of sp³-hybridized carbons (Fsp3) is 0.0877. The molecule has 4 aliphatic rings. The molecule has 11 rings (SSSR count). The van der Waals surface area contributed by atoms with Crippen molar-refractivity contribution in [2.24, 2.45) is 0 Å². The highest BCUT2D eigenvalue weighted by Crippen LogP contribution is 2.58. The molecule has 0 unspecified atom stereocenters. The maximum atomic E-state index is 4.85. The van der Waals surface area contributed by atoms with Gasteiger partial charge in [-0.05, 0) is 154 Å². The molecule has 0 fully saturated rings. The van der Waals surface area contributed by atoms with Crippen LogP contribution in [0.15, 0.2) is 188 Å². The first kappa shape index (κ1) is 34.7. The summed E-state index contributed by atoms with van der Waals surface area (Å²) in [5.41, 5.74) is 23.4. The Morgan fingerprint density at radius 1 is 0.579 bits per heavy atom. The molecule has 272 valence electrons. The zero-order valence-corrected chi connectivity index (χ0v) is 31.6. The standard InChI is InChI=1S/C56H40.CH4/c1-35-17-15-26-44-42-30-29-40(37-18-9-5-10-19-37)34-49(42)50(51(35)44)33-36(2)41-31-32-48-54-43(41)27-16-28-47(54)55-52(38-20-7-3-4-8-21-38)45-24-13-14-25-46(45)53(56(48)55)39-22-11-6-12-23-39;/h3,5-28,31-34H,2,4,29-30H2,1H3;1H4/b50-33-;. The number of rotatable bonds is 5. The van der Waals surface area contributed by atoms with Crippen LogP contribution < -0.4 is 0 Å². The van der Waals surface area contributed by atoms with Crippen molar-refractivity contribution in [1.29, 1.82) is 0 Å². The van der Waals surface area contributed by atoms with Gasteiger partial charge in [-0.25, -0.2) is 0 Å². The second kappa shape index (κ2) is 13.8. The molecule has 0 spiro atoms. The van der Waals surface area contributed by atoms with E-state index < -0.39 is 0 Å². The lowest BCUT2D eigenvalue weighted by Gasteiger charge is -2.20. The van der Waals surface area contributed by atoms with Gasteiger partial charge in [0.1, 0.15) is 0 Å². The lowest BCUT2D eigenvalue weighted by Crippen LogP contribution is -1.95. The average molecular weight is 729 g/mol. The first-order valence-electron chi connectivity index (χ1n) is 19.9. The van der Waals surface area contributed by atoms with Crippen molar-refractivity contribution in [1.82, 2.24) is 0 Å². The molecule has 0 bridgehead atoms. The minimum atomic E-state index is 0. The molecule has 57 heavy (non-hydrogen) atoms. The van der Waals surface area contributed by atoms with E-state index in [-0.39, 0.29) is 7.43 Å². The van der Waals surface area contributed by atoms with Gasteiger partial charge < -0.3 is 0 Å². The van der Waals surface area contributed by atoms with E-state index in [0.29, 0.717) is 0 Å². The van der Waals surface area contributed by atoms with Gasteiger partial charge in [-0.3, -0.25) is 0 Å². The van der Waals surface area contributed by atoms with E-state index in [2.05, 4.69) is 183 Å². The van der Waals surface area contributed by atoms with Gasteiger partial charge in [0.25, 0.3) is 0 Å². The summed E-state index contributed by atoms with van der Waals surface area (Å²) in [6, 6.07) is 49.3. The number of allylic oxidation sites excluding steroid dienone is 13. The van der Waals surface area contributed by atoms with Crippen molar-refractivity contribution in [2.75, 3.05) is 0 Å². The maximum absolute atomic E-state index is 4.85. The smallest absolute Gasteiger partial charge is 0.000741 e. The van der Waals surface area contributed by atoms with Crippen LogP contribution in [0, 0.1) is 6.92 Å². The van der Waals surface area contributed by atoms with Gasteiger partial charge >= 0.3 is 0 Å². The normalized spacial score (nSPS) is 15.6. The first-order chi connectivity index (χ1) is 27.7. The summed E-state index contributed by atoms with van der Waals surface area (Å²) in [5.74, 6) is 0. The van der Waals surface area contributed by atoms with Crippen molar-refractivity contribution in [3.8, 4) is 33.4 Å². The third-order valence-corrected chi connectivity index (χ3v) is 12.4. The summed E-state index contributed by atoms with van der Waals surface area (Å²) in [6.45, 7) is 7.11. The van der Waals surface area contributed by atoms with Crippen molar-refractivity contribution >= 4 is 49.4 Å². The Balaban J connectivity index is 0.00000396. The molecular weight excluding hydrogens is 685 g/mol. The monoisotopic (exact) mass is 728 g/mol. The largest absolute Gasteiger partial charge is 0.0911 e. The molecule has 0 heteroatoms. The highest BCUT2D eigenvalue weighted by Gasteiger charge is 2.33. The molecule has 0 radical (unpaired) electrons. The maximum Gasteiger partial charge on any atom is -0.000741 e. The molecule has 7 aromatic carbocycles. The Kier molecular flexibility index (Phi) is 8.38. The predicted molar refractivity (Wildman–Crippen MR) is 248 cm³/mol. The summed E-state index contributed by atoms with van der Waals surface area (Å²) < 4.78 is 0. The van der Waals surface area contributed by atoms with Crippen molar-refractivity contribution < 1.29 is 0 Å². The van der Waals surface area contributed by atoms with Gasteiger partial charge in [0, 0.05) is 0 Å². The molecule has 7 aromatic rings. The van der Waals surface area contributed by atoms with E-state index in [1.54, 1.807) is 0 Å². The summed E-state index contributed by atoms with van der Waals surface area (Å²) in [7, 11) is 0. The van der Waals surface area contributed by atoms with Gasteiger partial charge in [0.15, 0.2) is 0 Å². The fourth-order valence-electron chi connectivity index (χ4n) is 9.97. The predicted octanol–water partition coefficient (Wildman–Crippen LogP) is 15.9. The highest BCUT2D eigenvalue weighted by molar-refractivity contribution is 6.27. The fourth-order valence-corrected chi connectivity index (χ4v) is 9.97. The zero-order chi connectivity index (χ0) is 37.3. The summed E-state index contributed by atoms with van der Waals surface area (Å²) in [4.78, 5) is 0. The molecule has 0 saturated heterocycles. The van der Waals surface area contributed by atoms with Gasteiger partial charge in [-0.15, -0.1) is 0 Å². The second-order valence-corrected chi connectivity index (χ2v) is 15.5. The Labute approximate surface area is 336 Å². The van der Waals surface area contributed by atoms with Crippen LogP contribution in [0.5, 0.6) is 0 Å². The lowest BCUT2D eigenvalue weighted by atomic mass is 9.82. The van der Waals surface area contributed by atoms with Gasteiger partial charge in [-0.1, -0.05) is 184 Å². The Bertz CT molecular complexity index is 3030. The van der Waals surface area contributed by atoms with Crippen LogP contribution in [0.1, 0.15) is 60.1 Å². The quantitative estimate of drug-likeness (QED) is 0.166. The Hall–Kier alpha value is -6.76. The summed E-state index contributed by atoms with van der Waals surface area (Å²) in [6.07, 6.45) is 19.2. The molecule has 0 saturated carbocycles. The average Bonchev–Trinajstić information content (AvgIpc) is 3.58. The van der Waals surface area contributed by atoms with Crippen molar-refractivity contribution in [3.05, 3.63) is 222 Å². The molecule has 0 N–H and O–H groups in total. The van der Waals surface area contributed by atoms with Crippen molar-refractivity contribution in [3.63, 3.8) is 0 Å². The van der Waals surface area contributed by atoms with Crippen LogP contribution in [0.25, 0.3) is 82.8 Å². The van der Waals surface area contributed by atoms with Gasteiger partial charge in [0.05, 0.1) is 0 Å². The van der Waals surface area contributed by atoms with E-state index in [1.807, 2.05) is 0 Å². The van der Waals surface area contributed by atoms with E-state index in [0.717, 1.165) is 24.8 Å². The molecule has 0 aliphatic heterocycles. The minimum Gasteiger partial charge on any atom is -0.0911 e. The number of fused-ring (bicyclic) bond motifs is 6.